The molecule has 2 amide bonds. The first-order chi connectivity index (χ1) is 16.7. The number of anilines is 2. The number of nitrogens with one attached hydrogen (secondary N) is 1. The van der Waals surface area contributed by atoms with Crippen LogP contribution in [-0.2, 0) is 16.1 Å². The molecule has 0 bridgehead atoms. The van der Waals surface area contributed by atoms with Gasteiger partial charge in [-0.05, 0) is 35.7 Å². The van der Waals surface area contributed by atoms with Crippen LogP contribution in [0.5, 0.6) is 0 Å². The standard InChI is InChI=1S/C27H21N5O2/c33-25(29-21-13-7-9-18-8-1-2-11-20(18)21)16-24-26(34)31(17-19-10-5-6-15-28-19)27-30-22-12-3-4-14-23(22)32(24)27/h1-15,24H,16-17H2,(H,29,33)/t24-/m1/s1. The number of carbonyl (C=O) groups is 2. The third-order valence-corrected chi connectivity index (χ3v) is 6.17. The largest absolute Gasteiger partial charge is 0.325 e. The van der Waals surface area contributed by atoms with Gasteiger partial charge in [0.1, 0.15) is 6.04 Å². The Balaban J connectivity index is 1.33. The predicted octanol–water partition coefficient (Wildman–Crippen LogP) is 4.70. The Morgan fingerprint density at radius 1 is 0.912 bits per heavy atom. The van der Waals surface area contributed by atoms with Gasteiger partial charge in [-0.25, -0.2) is 4.98 Å². The van der Waals surface area contributed by atoms with Crippen LogP contribution in [0, 0.1) is 0 Å². The number of pyridine rings is 1. The molecule has 2 aromatic heterocycles. The highest BCUT2D eigenvalue weighted by atomic mass is 16.2. The van der Waals surface area contributed by atoms with Gasteiger partial charge in [0.2, 0.25) is 11.9 Å². The van der Waals surface area contributed by atoms with E-state index in [1.54, 1.807) is 11.1 Å². The van der Waals surface area contributed by atoms with Gasteiger partial charge < -0.3 is 5.32 Å². The average Bonchev–Trinajstić information content (AvgIpc) is 3.36. The minimum atomic E-state index is -0.680. The van der Waals surface area contributed by atoms with Crippen LogP contribution in [0.15, 0.2) is 91.1 Å². The lowest BCUT2D eigenvalue weighted by Gasteiger charge is -2.16. The molecule has 6 rings (SSSR count). The van der Waals surface area contributed by atoms with E-state index in [9.17, 15) is 9.59 Å². The molecule has 0 aliphatic carbocycles. The molecule has 7 heteroatoms. The summed E-state index contributed by atoms with van der Waals surface area (Å²) in [6, 6.07) is 26.3. The summed E-state index contributed by atoms with van der Waals surface area (Å²) >= 11 is 0. The quantitative estimate of drug-likeness (QED) is 0.423. The number of rotatable bonds is 5. The van der Waals surface area contributed by atoms with Crippen LogP contribution in [0.25, 0.3) is 21.8 Å². The first-order valence-corrected chi connectivity index (χ1v) is 11.1. The zero-order valence-corrected chi connectivity index (χ0v) is 18.3. The van der Waals surface area contributed by atoms with Crippen LogP contribution in [0.2, 0.25) is 0 Å². The number of fused-ring (bicyclic) bond motifs is 4. The molecular formula is C27H21N5O2. The molecule has 3 aromatic carbocycles. The first kappa shape index (κ1) is 20.1. The number of carbonyl (C=O) groups excluding carboxylic acids is 2. The maximum absolute atomic E-state index is 13.5. The Morgan fingerprint density at radius 2 is 1.71 bits per heavy atom. The molecule has 34 heavy (non-hydrogen) atoms. The molecular weight excluding hydrogens is 426 g/mol. The minimum absolute atomic E-state index is 0.00806. The fourth-order valence-corrected chi connectivity index (χ4v) is 4.61. The molecule has 1 aliphatic heterocycles. The van der Waals surface area contributed by atoms with Crippen molar-refractivity contribution in [2.24, 2.45) is 0 Å². The molecule has 0 fully saturated rings. The highest BCUT2D eigenvalue weighted by Crippen LogP contribution is 2.37. The highest BCUT2D eigenvalue weighted by molar-refractivity contribution is 6.07. The summed E-state index contributed by atoms with van der Waals surface area (Å²) in [7, 11) is 0. The van der Waals surface area contributed by atoms with E-state index in [0.29, 0.717) is 12.5 Å². The minimum Gasteiger partial charge on any atom is -0.325 e. The molecule has 0 saturated heterocycles. The normalized spacial score (nSPS) is 15.1. The monoisotopic (exact) mass is 447 g/mol. The fraction of sp³-hybridized carbons (Fsp3) is 0.111. The van der Waals surface area contributed by atoms with Crippen molar-refractivity contribution in [3.8, 4) is 0 Å². The van der Waals surface area contributed by atoms with Gasteiger partial charge in [-0.3, -0.25) is 24.0 Å². The van der Waals surface area contributed by atoms with Gasteiger partial charge in [0.25, 0.3) is 5.91 Å². The van der Waals surface area contributed by atoms with Crippen molar-refractivity contribution in [2.45, 2.75) is 19.0 Å². The van der Waals surface area contributed by atoms with Crippen LogP contribution in [0.4, 0.5) is 11.6 Å². The molecule has 0 spiro atoms. The third-order valence-electron chi connectivity index (χ3n) is 6.17. The second-order valence-electron chi connectivity index (χ2n) is 8.31. The van der Waals surface area contributed by atoms with E-state index in [1.807, 2.05) is 89.5 Å². The Hall–Kier alpha value is -4.52. The molecule has 1 aliphatic rings. The zero-order valence-electron chi connectivity index (χ0n) is 18.3. The molecule has 1 atom stereocenters. The maximum Gasteiger partial charge on any atom is 0.253 e. The van der Waals surface area contributed by atoms with Gasteiger partial charge in [0.05, 0.1) is 29.7 Å². The SMILES string of the molecule is O=C(C[C@@H]1C(=O)N(Cc2ccccn2)c2nc3ccccc3n21)Nc1cccc2ccccc12. The Kier molecular flexibility index (Phi) is 4.80. The van der Waals surface area contributed by atoms with Crippen molar-refractivity contribution in [1.82, 2.24) is 14.5 Å². The summed E-state index contributed by atoms with van der Waals surface area (Å²) in [4.78, 5) is 37.4. The van der Waals surface area contributed by atoms with Crippen molar-refractivity contribution < 1.29 is 9.59 Å². The second-order valence-corrected chi connectivity index (χ2v) is 8.31. The molecule has 1 N–H and O–H groups in total. The number of amides is 2. The van der Waals surface area contributed by atoms with Crippen LogP contribution in [0.3, 0.4) is 0 Å². The van der Waals surface area contributed by atoms with Gasteiger partial charge in [-0.15, -0.1) is 0 Å². The molecule has 166 valence electrons. The summed E-state index contributed by atoms with van der Waals surface area (Å²) in [5, 5.41) is 5.02. The van der Waals surface area contributed by atoms with Crippen molar-refractivity contribution in [3.63, 3.8) is 0 Å². The summed E-state index contributed by atoms with van der Waals surface area (Å²) in [6.45, 7) is 0.296. The number of hydrogen-bond donors (Lipinski definition) is 1. The molecule has 7 nitrogen and oxygen atoms in total. The number of nitrogens with zero attached hydrogens (tertiary/aromatic N) is 4. The predicted molar refractivity (Wildman–Crippen MR) is 131 cm³/mol. The Labute approximate surface area is 195 Å². The zero-order chi connectivity index (χ0) is 23.1. The van der Waals surface area contributed by atoms with Crippen LogP contribution in [0.1, 0.15) is 18.2 Å². The van der Waals surface area contributed by atoms with Crippen molar-refractivity contribution in [1.29, 1.82) is 0 Å². The van der Waals surface area contributed by atoms with Crippen LogP contribution in [-0.4, -0.2) is 26.3 Å². The molecule has 0 unspecified atom stereocenters. The molecule has 0 saturated carbocycles. The number of aromatic nitrogens is 3. The van der Waals surface area contributed by atoms with Crippen LogP contribution >= 0.6 is 0 Å². The average molecular weight is 447 g/mol. The summed E-state index contributed by atoms with van der Waals surface area (Å²) < 4.78 is 1.88. The van der Waals surface area contributed by atoms with Gasteiger partial charge in [0, 0.05) is 17.3 Å². The highest BCUT2D eigenvalue weighted by Gasteiger charge is 2.41. The Bertz CT molecular complexity index is 1540. The van der Waals surface area contributed by atoms with Crippen molar-refractivity contribution in [3.05, 3.63) is 96.8 Å². The number of imidazole rings is 1. The van der Waals surface area contributed by atoms with Gasteiger partial charge in [-0.1, -0.05) is 54.6 Å². The number of benzene rings is 3. The molecule has 0 radical (unpaired) electrons. The van der Waals surface area contributed by atoms with E-state index in [2.05, 4.69) is 10.3 Å². The maximum atomic E-state index is 13.5. The van der Waals surface area contributed by atoms with Crippen LogP contribution < -0.4 is 10.2 Å². The summed E-state index contributed by atoms with van der Waals surface area (Å²) in [6.07, 6.45) is 1.71. The van der Waals surface area contributed by atoms with E-state index in [1.165, 1.54) is 0 Å². The van der Waals surface area contributed by atoms with E-state index in [-0.39, 0.29) is 18.2 Å². The third kappa shape index (κ3) is 3.38. The summed E-state index contributed by atoms with van der Waals surface area (Å²) in [5.41, 5.74) is 3.11. The lowest BCUT2D eigenvalue weighted by molar-refractivity contribution is -0.124. The van der Waals surface area contributed by atoms with E-state index < -0.39 is 6.04 Å². The lowest BCUT2D eigenvalue weighted by Crippen LogP contribution is -2.31. The smallest absolute Gasteiger partial charge is 0.253 e. The lowest BCUT2D eigenvalue weighted by atomic mass is 10.1. The second kappa shape index (κ2) is 8.12. The fourth-order valence-electron chi connectivity index (χ4n) is 4.61. The van der Waals surface area contributed by atoms with Gasteiger partial charge in [-0.2, -0.15) is 0 Å². The number of hydrogen-bond acceptors (Lipinski definition) is 4. The van der Waals surface area contributed by atoms with E-state index in [4.69, 9.17) is 4.98 Å². The van der Waals surface area contributed by atoms with Gasteiger partial charge in [0.15, 0.2) is 0 Å². The van der Waals surface area contributed by atoms with Crippen molar-refractivity contribution >= 4 is 45.3 Å². The molecule has 5 aromatic rings. The van der Waals surface area contributed by atoms with E-state index in [0.717, 1.165) is 33.2 Å². The first-order valence-electron chi connectivity index (χ1n) is 11.1. The topological polar surface area (TPSA) is 80.1 Å². The summed E-state index contributed by atoms with van der Waals surface area (Å²) in [5.74, 6) is 0.157. The van der Waals surface area contributed by atoms with Crippen molar-refractivity contribution in [2.75, 3.05) is 10.2 Å². The molecule has 3 heterocycles. The Morgan fingerprint density at radius 3 is 2.59 bits per heavy atom. The van der Waals surface area contributed by atoms with Gasteiger partial charge >= 0.3 is 0 Å². The van der Waals surface area contributed by atoms with E-state index >= 15 is 0 Å². The number of para-hydroxylation sites is 2.